The van der Waals surface area contributed by atoms with Crippen molar-refractivity contribution in [2.24, 2.45) is 23.2 Å². The average Bonchev–Trinajstić information content (AvgIpc) is 3.24. The van der Waals surface area contributed by atoms with Crippen molar-refractivity contribution in [2.75, 3.05) is 19.6 Å². The molecule has 5 heteroatoms. The molecule has 1 saturated carbocycles. The number of carboxylic acid groups (broad SMARTS) is 1. The van der Waals surface area contributed by atoms with Crippen LogP contribution in [0.1, 0.15) is 38.7 Å². The van der Waals surface area contributed by atoms with E-state index in [-0.39, 0.29) is 11.8 Å². The summed E-state index contributed by atoms with van der Waals surface area (Å²) in [6, 6.07) is 11.1. The molecular formula is C22H30N2O3. The molecule has 27 heavy (non-hydrogen) atoms. The van der Waals surface area contributed by atoms with Crippen molar-refractivity contribution in [1.29, 1.82) is 0 Å². The van der Waals surface area contributed by atoms with Crippen LogP contribution in [0.2, 0.25) is 0 Å². The fourth-order valence-corrected chi connectivity index (χ4v) is 5.48. The van der Waals surface area contributed by atoms with Gasteiger partial charge in [-0.15, -0.1) is 0 Å². The lowest BCUT2D eigenvalue weighted by Crippen LogP contribution is -2.55. The lowest BCUT2D eigenvalue weighted by Gasteiger charge is -2.47. The molecule has 1 aromatic carbocycles. The number of carboxylic acids is 1. The van der Waals surface area contributed by atoms with Gasteiger partial charge in [0.05, 0.1) is 11.8 Å². The molecule has 5 nitrogen and oxygen atoms in total. The molecule has 1 aliphatic carbocycles. The van der Waals surface area contributed by atoms with Gasteiger partial charge in [-0.05, 0) is 42.7 Å². The van der Waals surface area contributed by atoms with Crippen molar-refractivity contribution >= 4 is 11.9 Å². The lowest BCUT2D eigenvalue weighted by atomic mass is 9.83. The summed E-state index contributed by atoms with van der Waals surface area (Å²) in [6.45, 7) is 7.46. The van der Waals surface area contributed by atoms with Gasteiger partial charge in [-0.25, -0.2) is 0 Å². The zero-order valence-corrected chi connectivity index (χ0v) is 16.3. The van der Waals surface area contributed by atoms with Crippen LogP contribution in [0.3, 0.4) is 0 Å². The van der Waals surface area contributed by atoms with E-state index in [4.69, 9.17) is 0 Å². The van der Waals surface area contributed by atoms with Gasteiger partial charge in [0, 0.05) is 25.7 Å². The van der Waals surface area contributed by atoms with Crippen molar-refractivity contribution in [2.45, 2.75) is 45.7 Å². The van der Waals surface area contributed by atoms with Gasteiger partial charge >= 0.3 is 5.97 Å². The van der Waals surface area contributed by atoms with E-state index in [1.54, 1.807) is 0 Å². The Labute approximate surface area is 161 Å². The predicted octanol–water partition coefficient (Wildman–Crippen LogP) is 2.86. The van der Waals surface area contributed by atoms with Crippen LogP contribution in [0.25, 0.3) is 0 Å². The maximum absolute atomic E-state index is 13.0. The number of amides is 1. The van der Waals surface area contributed by atoms with E-state index in [1.807, 2.05) is 18.7 Å². The first-order valence-electron chi connectivity index (χ1n) is 10.2. The molecule has 1 aromatic rings. The summed E-state index contributed by atoms with van der Waals surface area (Å²) in [5.74, 6) is -1.14. The Morgan fingerprint density at radius 3 is 2.52 bits per heavy atom. The second-order valence-electron chi connectivity index (χ2n) is 9.11. The second kappa shape index (κ2) is 6.93. The van der Waals surface area contributed by atoms with Crippen LogP contribution in [0.5, 0.6) is 0 Å². The quantitative estimate of drug-likeness (QED) is 0.885. The Balaban J connectivity index is 1.40. The maximum Gasteiger partial charge on any atom is 0.307 e. The van der Waals surface area contributed by atoms with Crippen LogP contribution in [0, 0.1) is 23.2 Å². The molecule has 146 valence electrons. The molecule has 0 bridgehead atoms. The standard InChI is InChI=1S/C22H30N2O3/c1-22(2)18(19(22)21(26)27)20(25)24-12-10-17-16(14-24)9-6-11-23(17)13-15-7-4-3-5-8-15/h3-5,7-8,16-19H,6,9-14H2,1-2H3,(H,26,27)/t16?,17?,18-,19+/m1/s1. The van der Waals surface area contributed by atoms with Crippen molar-refractivity contribution < 1.29 is 14.7 Å². The molecule has 1 amide bonds. The number of rotatable bonds is 4. The minimum atomic E-state index is -0.833. The molecule has 1 N–H and O–H groups in total. The Hall–Kier alpha value is -1.88. The number of piperidine rings is 2. The van der Waals surface area contributed by atoms with Crippen LogP contribution in [0.15, 0.2) is 30.3 Å². The lowest BCUT2D eigenvalue weighted by molar-refractivity contribution is -0.143. The van der Waals surface area contributed by atoms with Gasteiger partial charge in [-0.2, -0.15) is 0 Å². The third-order valence-corrected chi connectivity index (χ3v) is 7.08. The topological polar surface area (TPSA) is 60.9 Å². The van der Waals surface area contributed by atoms with Crippen molar-refractivity contribution in [3.8, 4) is 0 Å². The van der Waals surface area contributed by atoms with Crippen LogP contribution in [-0.4, -0.2) is 52.5 Å². The minimum Gasteiger partial charge on any atom is -0.481 e. The number of benzene rings is 1. The summed E-state index contributed by atoms with van der Waals surface area (Å²) >= 11 is 0. The first-order chi connectivity index (χ1) is 12.9. The van der Waals surface area contributed by atoms with E-state index >= 15 is 0 Å². The molecule has 0 aromatic heterocycles. The van der Waals surface area contributed by atoms with Crippen LogP contribution in [-0.2, 0) is 16.1 Å². The number of hydrogen-bond acceptors (Lipinski definition) is 3. The number of hydrogen-bond donors (Lipinski definition) is 1. The zero-order chi connectivity index (χ0) is 19.2. The first-order valence-corrected chi connectivity index (χ1v) is 10.2. The van der Waals surface area contributed by atoms with Crippen molar-refractivity contribution in [3.63, 3.8) is 0 Å². The second-order valence-corrected chi connectivity index (χ2v) is 9.11. The molecule has 2 heterocycles. The molecule has 4 rings (SSSR count). The number of carbonyl (C=O) groups excluding carboxylic acids is 1. The van der Waals surface area contributed by atoms with Crippen LogP contribution in [0.4, 0.5) is 0 Å². The summed E-state index contributed by atoms with van der Waals surface area (Å²) < 4.78 is 0. The molecule has 2 aliphatic heterocycles. The summed E-state index contributed by atoms with van der Waals surface area (Å²) in [5, 5.41) is 9.39. The van der Waals surface area contributed by atoms with E-state index in [0.29, 0.717) is 12.0 Å². The van der Waals surface area contributed by atoms with Gasteiger partial charge in [-0.1, -0.05) is 44.2 Å². The van der Waals surface area contributed by atoms with E-state index in [9.17, 15) is 14.7 Å². The molecule has 4 atom stereocenters. The number of nitrogens with zero attached hydrogens (tertiary/aromatic N) is 2. The molecule has 3 aliphatic rings. The molecular weight excluding hydrogens is 340 g/mol. The molecule has 0 spiro atoms. The van der Waals surface area contributed by atoms with Crippen molar-refractivity contribution in [1.82, 2.24) is 9.80 Å². The summed E-state index contributed by atoms with van der Waals surface area (Å²) in [5.41, 5.74) is 0.937. The SMILES string of the molecule is CC1(C)[C@H](C(=O)O)[C@@H]1C(=O)N1CCC2C(CCCN2Cc2ccccc2)C1. The summed E-state index contributed by atoms with van der Waals surface area (Å²) in [4.78, 5) is 29.0. The predicted molar refractivity (Wildman–Crippen MR) is 103 cm³/mol. The number of fused-ring (bicyclic) bond motifs is 1. The number of likely N-dealkylation sites (tertiary alicyclic amines) is 2. The summed E-state index contributed by atoms with van der Waals surface area (Å²) in [7, 11) is 0. The average molecular weight is 370 g/mol. The van der Waals surface area contributed by atoms with Gasteiger partial charge < -0.3 is 10.0 Å². The highest BCUT2D eigenvalue weighted by atomic mass is 16.4. The normalized spacial score (nSPS) is 32.6. The van der Waals surface area contributed by atoms with Gasteiger partial charge in [0.2, 0.25) is 5.91 Å². The van der Waals surface area contributed by atoms with E-state index in [1.165, 1.54) is 12.0 Å². The highest BCUT2D eigenvalue weighted by molar-refractivity contribution is 5.91. The Bertz CT molecular complexity index is 718. The van der Waals surface area contributed by atoms with E-state index in [2.05, 4.69) is 35.2 Å². The number of carbonyl (C=O) groups is 2. The first kappa shape index (κ1) is 18.5. The highest BCUT2D eigenvalue weighted by Crippen LogP contribution is 2.59. The van der Waals surface area contributed by atoms with Gasteiger partial charge in [0.1, 0.15) is 0 Å². The number of aliphatic carboxylic acids is 1. The minimum absolute atomic E-state index is 0.0611. The largest absolute Gasteiger partial charge is 0.481 e. The molecule has 2 saturated heterocycles. The molecule has 2 unspecified atom stereocenters. The van der Waals surface area contributed by atoms with Gasteiger partial charge in [0.15, 0.2) is 0 Å². The monoisotopic (exact) mass is 370 g/mol. The van der Waals surface area contributed by atoms with Crippen LogP contribution >= 0.6 is 0 Å². The zero-order valence-electron chi connectivity index (χ0n) is 16.3. The fraction of sp³-hybridized carbons (Fsp3) is 0.636. The van der Waals surface area contributed by atoms with E-state index < -0.39 is 17.3 Å². The smallest absolute Gasteiger partial charge is 0.307 e. The summed E-state index contributed by atoms with van der Waals surface area (Å²) in [6.07, 6.45) is 3.33. The van der Waals surface area contributed by atoms with Gasteiger partial charge in [-0.3, -0.25) is 14.5 Å². The Morgan fingerprint density at radius 1 is 1.11 bits per heavy atom. The van der Waals surface area contributed by atoms with Crippen LogP contribution < -0.4 is 0 Å². The molecule has 3 fully saturated rings. The van der Waals surface area contributed by atoms with E-state index in [0.717, 1.165) is 39.0 Å². The fourth-order valence-electron chi connectivity index (χ4n) is 5.48. The maximum atomic E-state index is 13.0. The Kier molecular flexibility index (Phi) is 4.75. The third-order valence-electron chi connectivity index (χ3n) is 7.08. The third kappa shape index (κ3) is 3.38. The van der Waals surface area contributed by atoms with Crippen molar-refractivity contribution in [3.05, 3.63) is 35.9 Å². The van der Waals surface area contributed by atoms with Gasteiger partial charge in [0.25, 0.3) is 0 Å². The Morgan fingerprint density at radius 2 is 1.85 bits per heavy atom. The highest BCUT2D eigenvalue weighted by Gasteiger charge is 2.66. The molecule has 0 radical (unpaired) electrons.